The average Bonchev–Trinajstić information content (AvgIpc) is 2.63. The van der Waals surface area contributed by atoms with Crippen LogP contribution in [0.5, 0.6) is 0 Å². The second-order valence-electron chi connectivity index (χ2n) is 5.34. The molecule has 6 heteroatoms. The van der Waals surface area contributed by atoms with Gasteiger partial charge >= 0.3 is 0 Å². The molecule has 0 aliphatic rings. The molecule has 25 heavy (non-hydrogen) atoms. The zero-order valence-electron chi connectivity index (χ0n) is 13.5. The molecule has 0 aromatic heterocycles. The van der Waals surface area contributed by atoms with Crippen LogP contribution in [0.15, 0.2) is 60.7 Å². The van der Waals surface area contributed by atoms with E-state index < -0.39 is 24.5 Å². The van der Waals surface area contributed by atoms with Gasteiger partial charge in [-0.2, -0.15) is 0 Å². The highest BCUT2D eigenvalue weighted by Crippen LogP contribution is 2.07. The number of aliphatic hydroxyl groups excluding tert-OH is 1. The molecule has 0 radical (unpaired) electrons. The van der Waals surface area contributed by atoms with Crippen LogP contribution in [0.2, 0.25) is 0 Å². The Hall–Kier alpha value is -2.19. The Balaban J connectivity index is 1.86. The normalized spacial score (nSPS) is 11.9. The minimum atomic E-state index is -0.990. The molecule has 0 heterocycles. The standard InChI is InChI=1S/C19H19IN2O3/c20-16-8-4-7-15(11-16)12-21-19(25)17(13-23)22-18(24)10-9-14-5-2-1-3-6-14/h1-11,17,23H,12-13H2,(H,21,25)(H,22,24). The molecule has 0 aliphatic carbocycles. The second kappa shape index (κ2) is 9.95. The van der Waals surface area contributed by atoms with Crippen LogP contribution in [0, 0.1) is 3.57 Å². The van der Waals surface area contributed by atoms with Crippen molar-refractivity contribution < 1.29 is 14.7 Å². The van der Waals surface area contributed by atoms with Crippen LogP contribution in [0.1, 0.15) is 11.1 Å². The zero-order chi connectivity index (χ0) is 18.1. The summed E-state index contributed by atoms with van der Waals surface area (Å²) >= 11 is 2.20. The van der Waals surface area contributed by atoms with E-state index in [2.05, 4.69) is 33.2 Å². The van der Waals surface area contributed by atoms with Crippen molar-refractivity contribution in [3.05, 3.63) is 75.4 Å². The van der Waals surface area contributed by atoms with E-state index in [1.165, 1.54) is 6.08 Å². The largest absolute Gasteiger partial charge is 0.394 e. The zero-order valence-corrected chi connectivity index (χ0v) is 15.6. The monoisotopic (exact) mass is 450 g/mol. The van der Waals surface area contributed by atoms with Gasteiger partial charge in [-0.25, -0.2) is 0 Å². The van der Waals surface area contributed by atoms with Gasteiger partial charge in [-0.15, -0.1) is 0 Å². The molecule has 3 N–H and O–H groups in total. The lowest BCUT2D eigenvalue weighted by Crippen LogP contribution is -2.48. The molecule has 2 amide bonds. The van der Waals surface area contributed by atoms with Gasteiger partial charge in [0.15, 0.2) is 0 Å². The molecule has 0 fully saturated rings. The van der Waals surface area contributed by atoms with Crippen molar-refractivity contribution in [1.29, 1.82) is 0 Å². The van der Waals surface area contributed by atoms with Crippen LogP contribution < -0.4 is 10.6 Å². The number of carbonyl (C=O) groups is 2. The minimum Gasteiger partial charge on any atom is -0.394 e. The molecule has 0 bridgehead atoms. The van der Waals surface area contributed by atoms with Gasteiger partial charge in [0.25, 0.3) is 0 Å². The fourth-order valence-corrected chi connectivity index (χ4v) is 2.72. The van der Waals surface area contributed by atoms with E-state index >= 15 is 0 Å². The number of benzene rings is 2. The summed E-state index contributed by atoms with van der Waals surface area (Å²) in [4.78, 5) is 24.0. The molecule has 2 aromatic rings. The molecule has 5 nitrogen and oxygen atoms in total. The summed E-state index contributed by atoms with van der Waals surface area (Å²) in [7, 11) is 0. The van der Waals surface area contributed by atoms with E-state index in [9.17, 15) is 14.7 Å². The van der Waals surface area contributed by atoms with E-state index in [0.717, 1.165) is 14.7 Å². The van der Waals surface area contributed by atoms with Gasteiger partial charge in [0.05, 0.1) is 6.61 Å². The van der Waals surface area contributed by atoms with Crippen LogP contribution >= 0.6 is 22.6 Å². The van der Waals surface area contributed by atoms with Crippen LogP contribution in [0.3, 0.4) is 0 Å². The Morgan fingerprint density at radius 3 is 2.56 bits per heavy atom. The highest BCUT2D eigenvalue weighted by molar-refractivity contribution is 14.1. The molecule has 0 aliphatic heterocycles. The molecular weight excluding hydrogens is 431 g/mol. The highest BCUT2D eigenvalue weighted by Gasteiger charge is 2.18. The molecule has 0 spiro atoms. The Morgan fingerprint density at radius 1 is 1.12 bits per heavy atom. The maximum atomic E-state index is 12.1. The first-order chi connectivity index (χ1) is 12.1. The van der Waals surface area contributed by atoms with Crippen molar-refractivity contribution >= 4 is 40.5 Å². The van der Waals surface area contributed by atoms with Crippen molar-refractivity contribution in [3.63, 3.8) is 0 Å². The third kappa shape index (κ3) is 6.67. The highest BCUT2D eigenvalue weighted by atomic mass is 127. The lowest BCUT2D eigenvalue weighted by Gasteiger charge is -2.15. The Bertz CT molecular complexity index is 747. The van der Waals surface area contributed by atoms with Crippen molar-refractivity contribution in [3.8, 4) is 0 Å². The predicted molar refractivity (Wildman–Crippen MR) is 105 cm³/mol. The lowest BCUT2D eigenvalue weighted by molar-refractivity contribution is -0.128. The van der Waals surface area contributed by atoms with E-state index in [1.54, 1.807) is 6.08 Å². The van der Waals surface area contributed by atoms with Gasteiger partial charge in [0, 0.05) is 16.2 Å². The first-order valence-corrected chi connectivity index (χ1v) is 8.83. The number of halogens is 1. The second-order valence-corrected chi connectivity index (χ2v) is 6.58. The molecule has 2 aromatic carbocycles. The van der Waals surface area contributed by atoms with Gasteiger partial charge in [-0.3, -0.25) is 9.59 Å². The average molecular weight is 450 g/mol. The van der Waals surface area contributed by atoms with Gasteiger partial charge in [-0.05, 0) is 51.9 Å². The third-order valence-electron chi connectivity index (χ3n) is 3.40. The van der Waals surface area contributed by atoms with Crippen molar-refractivity contribution in [2.24, 2.45) is 0 Å². The van der Waals surface area contributed by atoms with E-state index in [1.807, 2.05) is 54.6 Å². The van der Waals surface area contributed by atoms with Gasteiger partial charge in [0.1, 0.15) is 6.04 Å². The molecule has 1 atom stereocenters. The Labute approximate surface area is 160 Å². The van der Waals surface area contributed by atoms with E-state index in [-0.39, 0.29) is 0 Å². The van der Waals surface area contributed by atoms with Crippen LogP contribution in [-0.4, -0.2) is 29.6 Å². The summed E-state index contributed by atoms with van der Waals surface area (Å²) in [5.41, 5.74) is 1.83. The van der Waals surface area contributed by atoms with Gasteiger partial charge in [0.2, 0.25) is 11.8 Å². The summed E-state index contributed by atoms with van der Waals surface area (Å²) in [6.45, 7) is -0.134. The first kappa shape index (κ1) is 19.1. The topological polar surface area (TPSA) is 78.4 Å². The fraction of sp³-hybridized carbons (Fsp3) is 0.158. The number of carbonyl (C=O) groups excluding carboxylic acids is 2. The predicted octanol–water partition coefficient (Wildman–Crippen LogP) is 2.10. The lowest BCUT2D eigenvalue weighted by atomic mass is 10.2. The maximum Gasteiger partial charge on any atom is 0.245 e. The van der Waals surface area contributed by atoms with Crippen molar-refractivity contribution in [1.82, 2.24) is 10.6 Å². The summed E-state index contributed by atoms with van der Waals surface area (Å²) in [5, 5.41) is 14.6. The summed E-state index contributed by atoms with van der Waals surface area (Å²) in [5.74, 6) is -0.866. The SMILES string of the molecule is O=C(C=Cc1ccccc1)NC(CO)C(=O)NCc1cccc(I)c1. The minimum absolute atomic E-state index is 0.335. The summed E-state index contributed by atoms with van der Waals surface area (Å²) in [6.07, 6.45) is 2.98. The maximum absolute atomic E-state index is 12.1. The van der Waals surface area contributed by atoms with Crippen molar-refractivity contribution in [2.75, 3.05) is 6.61 Å². The van der Waals surface area contributed by atoms with Crippen molar-refractivity contribution in [2.45, 2.75) is 12.6 Å². The molecule has 2 rings (SSSR count). The van der Waals surface area contributed by atoms with E-state index in [0.29, 0.717) is 6.54 Å². The van der Waals surface area contributed by atoms with E-state index in [4.69, 9.17) is 0 Å². The molecule has 130 valence electrons. The molecular formula is C19H19IN2O3. The fourth-order valence-electron chi connectivity index (χ4n) is 2.11. The Morgan fingerprint density at radius 2 is 1.88 bits per heavy atom. The van der Waals surface area contributed by atoms with Crippen LogP contribution in [-0.2, 0) is 16.1 Å². The number of rotatable bonds is 7. The third-order valence-corrected chi connectivity index (χ3v) is 4.07. The smallest absolute Gasteiger partial charge is 0.245 e. The number of nitrogens with one attached hydrogen (secondary N) is 2. The Kier molecular flexibility index (Phi) is 7.62. The number of hydrogen-bond donors (Lipinski definition) is 3. The summed E-state index contributed by atoms with van der Waals surface area (Å²) < 4.78 is 1.07. The number of hydrogen-bond acceptors (Lipinski definition) is 3. The quantitative estimate of drug-likeness (QED) is 0.447. The first-order valence-electron chi connectivity index (χ1n) is 7.75. The number of amides is 2. The molecule has 1 unspecified atom stereocenters. The van der Waals surface area contributed by atoms with Gasteiger partial charge < -0.3 is 15.7 Å². The number of aliphatic hydroxyl groups is 1. The van der Waals surface area contributed by atoms with Crippen LogP contribution in [0.4, 0.5) is 0 Å². The van der Waals surface area contributed by atoms with Gasteiger partial charge in [-0.1, -0.05) is 42.5 Å². The molecule has 0 saturated heterocycles. The van der Waals surface area contributed by atoms with Crippen LogP contribution in [0.25, 0.3) is 6.08 Å². The molecule has 0 saturated carbocycles. The summed E-state index contributed by atoms with van der Waals surface area (Å²) in [6, 6.07) is 16.1.